The molecule has 0 aliphatic heterocycles. The molecular formula is C13H19N3O3. The van der Waals surface area contributed by atoms with Crippen molar-refractivity contribution in [3.05, 3.63) is 18.0 Å². The van der Waals surface area contributed by atoms with Gasteiger partial charge < -0.3 is 19.9 Å². The lowest BCUT2D eigenvalue weighted by atomic mass is 10.3. The maximum Gasteiger partial charge on any atom is 0.307 e. The maximum atomic E-state index is 12.3. The van der Waals surface area contributed by atoms with Crippen LogP contribution in [0.15, 0.2) is 12.3 Å². The average Bonchev–Trinajstić information content (AvgIpc) is 3.17. The van der Waals surface area contributed by atoms with Gasteiger partial charge in [-0.25, -0.2) is 0 Å². The van der Waals surface area contributed by atoms with E-state index in [1.54, 1.807) is 19.3 Å². The number of hydrogen-bond donors (Lipinski definition) is 1. The van der Waals surface area contributed by atoms with Crippen LogP contribution < -0.4 is 5.73 Å². The molecule has 2 N–H and O–H groups in total. The lowest BCUT2D eigenvalue weighted by Crippen LogP contribution is -2.30. The Morgan fingerprint density at radius 3 is 2.79 bits per heavy atom. The smallest absolute Gasteiger partial charge is 0.307 e. The Hall–Kier alpha value is -1.98. The van der Waals surface area contributed by atoms with Crippen LogP contribution >= 0.6 is 0 Å². The summed E-state index contributed by atoms with van der Waals surface area (Å²) in [7, 11) is 3.01. The van der Waals surface area contributed by atoms with E-state index in [2.05, 4.69) is 4.74 Å². The molecule has 1 amide bonds. The highest BCUT2D eigenvalue weighted by Gasteiger charge is 2.28. The normalized spacial score (nSPS) is 14.2. The van der Waals surface area contributed by atoms with Crippen LogP contribution in [0.5, 0.6) is 0 Å². The molecule has 0 saturated heterocycles. The van der Waals surface area contributed by atoms with Gasteiger partial charge in [-0.2, -0.15) is 0 Å². The van der Waals surface area contributed by atoms with Crippen molar-refractivity contribution in [1.29, 1.82) is 0 Å². The molecular weight excluding hydrogens is 246 g/mol. The van der Waals surface area contributed by atoms with Crippen molar-refractivity contribution >= 4 is 17.6 Å². The molecule has 1 aliphatic rings. The van der Waals surface area contributed by atoms with Crippen LogP contribution in [0, 0.1) is 0 Å². The number of carbonyl (C=O) groups is 2. The van der Waals surface area contributed by atoms with Gasteiger partial charge in [0.1, 0.15) is 5.69 Å². The summed E-state index contributed by atoms with van der Waals surface area (Å²) in [6.45, 7) is 0.335. The number of carbonyl (C=O) groups excluding carboxylic acids is 2. The molecule has 0 spiro atoms. The zero-order valence-corrected chi connectivity index (χ0v) is 11.3. The van der Waals surface area contributed by atoms with Crippen LogP contribution in [0.2, 0.25) is 0 Å². The zero-order valence-electron chi connectivity index (χ0n) is 11.3. The van der Waals surface area contributed by atoms with Gasteiger partial charge in [-0.15, -0.1) is 0 Å². The Bertz CT molecular complexity index is 491. The predicted molar refractivity (Wildman–Crippen MR) is 70.7 cm³/mol. The van der Waals surface area contributed by atoms with Gasteiger partial charge in [0.25, 0.3) is 5.91 Å². The number of rotatable bonds is 5. The first kappa shape index (κ1) is 13.5. The van der Waals surface area contributed by atoms with Gasteiger partial charge in [0.05, 0.1) is 19.2 Å². The summed E-state index contributed by atoms with van der Waals surface area (Å²) in [5.74, 6) is -0.441. The van der Waals surface area contributed by atoms with Crippen molar-refractivity contribution in [3.8, 4) is 0 Å². The van der Waals surface area contributed by atoms with Gasteiger partial charge >= 0.3 is 5.97 Å². The lowest BCUT2D eigenvalue weighted by molar-refractivity contribution is -0.140. The first-order valence-corrected chi connectivity index (χ1v) is 6.32. The Balaban J connectivity index is 2.04. The maximum absolute atomic E-state index is 12.3. The molecule has 0 radical (unpaired) electrons. The van der Waals surface area contributed by atoms with Crippen LogP contribution in [-0.4, -0.2) is 42.0 Å². The van der Waals surface area contributed by atoms with Gasteiger partial charge in [-0.1, -0.05) is 0 Å². The van der Waals surface area contributed by atoms with Crippen molar-refractivity contribution in [2.24, 2.45) is 0 Å². The van der Waals surface area contributed by atoms with Crippen molar-refractivity contribution in [2.45, 2.75) is 25.3 Å². The van der Waals surface area contributed by atoms with Crippen LogP contribution in [-0.2, 0) is 9.53 Å². The fourth-order valence-electron chi connectivity index (χ4n) is 1.98. The number of methoxy groups -OCH3 is 1. The number of ether oxygens (including phenoxy) is 1. The fraction of sp³-hybridized carbons (Fsp3) is 0.538. The number of anilines is 1. The number of esters is 1. The zero-order chi connectivity index (χ0) is 14.0. The summed E-state index contributed by atoms with van der Waals surface area (Å²) in [5, 5.41) is 0. The second-order valence-electron chi connectivity index (χ2n) is 4.85. The Kier molecular flexibility index (Phi) is 3.78. The summed E-state index contributed by atoms with van der Waals surface area (Å²) in [6.07, 6.45) is 4.16. The van der Waals surface area contributed by atoms with Gasteiger partial charge in [0, 0.05) is 25.8 Å². The van der Waals surface area contributed by atoms with Crippen LogP contribution in [0.25, 0.3) is 0 Å². The van der Waals surface area contributed by atoms with Gasteiger partial charge in [-0.3, -0.25) is 9.59 Å². The number of nitrogens with two attached hydrogens (primary N) is 1. The molecule has 0 aromatic carbocycles. The standard InChI is InChI=1S/C13H19N3O3/c1-15(6-5-12(17)19-2)13(18)11-7-9(14)8-16(11)10-3-4-10/h7-8,10H,3-6,14H2,1-2H3. The minimum atomic E-state index is -0.322. The predicted octanol–water partition coefficient (Wildman–Crippen LogP) is 1.04. The second kappa shape index (κ2) is 5.34. The summed E-state index contributed by atoms with van der Waals surface area (Å²) in [5.41, 5.74) is 6.95. The monoisotopic (exact) mass is 265 g/mol. The number of aromatic nitrogens is 1. The molecule has 19 heavy (non-hydrogen) atoms. The first-order valence-electron chi connectivity index (χ1n) is 6.32. The van der Waals surface area contributed by atoms with E-state index in [-0.39, 0.29) is 18.3 Å². The third-order valence-corrected chi connectivity index (χ3v) is 3.25. The van der Waals surface area contributed by atoms with Crippen molar-refractivity contribution in [1.82, 2.24) is 9.47 Å². The largest absolute Gasteiger partial charge is 0.469 e. The van der Waals surface area contributed by atoms with E-state index in [0.29, 0.717) is 24.0 Å². The quantitative estimate of drug-likeness (QED) is 0.807. The molecule has 1 aromatic rings. The number of hydrogen-bond acceptors (Lipinski definition) is 4. The molecule has 0 unspecified atom stereocenters. The van der Waals surface area contributed by atoms with E-state index in [9.17, 15) is 9.59 Å². The molecule has 6 nitrogen and oxygen atoms in total. The van der Waals surface area contributed by atoms with E-state index >= 15 is 0 Å². The highest BCUT2D eigenvalue weighted by molar-refractivity contribution is 5.94. The lowest BCUT2D eigenvalue weighted by Gasteiger charge is -2.17. The number of nitrogen functional groups attached to an aromatic ring is 1. The SMILES string of the molecule is COC(=O)CCN(C)C(=O)c1cc(N)cn1C1CC1. The topological polar surface area (TPSA) is 77.6 Å². The second-order valence-corrected chi connectivity index (χ2v) is 4.85. The Morgan fingerprint density at radius 2 is 2.21 bits per heavy atom. The number of nitrogens with zero attached hydrogens (tertiary/aromatic N) is 2. The minimum Gasteiger partial charge on any atom is -0.469 e. The molecule has 0 atom stereocenters. The third kappa shape index (κ3) is 3.07. The van der Waals surface area contributed by atoms with Gasteiger partial charge in [-0.05, 0) is 18.9 Å². The highest BCUT2D eigenvalue weighted by Crippen LogP contribution is 2.37. The molecule has 1 heterocycles. The van der Waals surface area contributed by atoms with Crippen LogP contribution in [0.3, 0.4) is 0 Å². The van der Waals surface area contributed by atoms with Crippen molar-refractivity contribution < 1.29 is 14.3 Å². The summed E-state index contributed by atoms with van der Waals surface area (Å²) in [6, 6.07) is 2.08. The Morgan fingerprint density at radius 1 is 1.53 bits per heavy atom. The number of amides is 1. The molecule has 1 aliphatic carbocycles. The van der Waals surface area contributed by atoms with Crippen LogP contribution in [0.1, 0.15) is 35.8 Å². The molecule has 0 bridgehead atoms. The molecule has 1 fully saturated rings. The summed E-state index contributed by atoms with van der Waals surface area (Å²) < 4.78 is 6.50. The van der Waals surface area contributed by atoms with Crippen molar-refractivity contribution in [3.63, 3.8) is 0 Å². The summed E-state index contributed by atoms with van der Waals surface area (Å²) >= 11 is 0. The molecule has 6 heteroatoms. The fourth-order valence-corrected chi connectivity index (χ4v) is 1.98. The minimum absolute atomic E-state index is 0.118. The van der Waals surface area contributed by atoms with E-state index in [1.807, 2.05) is 4.57 Å². The Labute approximate surface area is 112 Å². The average molecular weight is 265 g/mol. The van der Waals surface area contributed by atoms with E-state index in [1.165, 1.54) is 12.0 Å². The van der Waals surface area contributed by atoms with Crippen molar-refractivity contribution in [2.75, 3.05) is 26.4 Å². The van der Waals surface area contributed by atoms with Crippen LogP contribution in [0.4, 0.5) is 5.69 Å². The molecule has 1 aromatic heterocycles. The van der Waals surface area contributed by atoms with Gasteiger partial charge in [0.2, 0.25) is 0 Å². The molecule has 104 valence electrons. The van der Waals surface area contributed by atoms with E-state index < -0.39 is 0 Å². The highest BCUT2D eigenvalue weighted by atomic mass is 16.5. The van der Waals surface area contributed by atoms with Gasteiger partial charge in [0.15, 0.2) is 0 Å². The first-order chi connectivity index (χ1) is 9.02. The third-order valence-electron chi connectivity index (χ3n) is 3.25. The molecule has 2 rings (SSSR count). The molecule has 1 saturated carbocycles. The van der Waals surface area contributed by atoms with E-state index in [0.717, 1.165) is 12.8 Å². The van der Waals surface area contributed by atoms with E-state index in [4.69, 9.17) is 5.73 Å². The summed E-state index contributed by atoms with van der Waals surface area (Å²) in [4.78, 5) is 24.9.